The van der Waals surface area contributed by atoms with Gasteiger partial charge in [0.2, 0.25) is 0 Å². The van der Waals surface area contributed by atoms with Crippen molar-refractivity contribution >= 4 is 5.78 Å². The van der Waals surface area contributed by atoms with Crippen molar-refractivity contribution in [3.63, 3.8) is 0 Å². The second-order valence-corrected chi connectivity index (χ2v) is 6.59. The fourth-order valence-electron chi connectivity index (χ4n) is 5.27. The number of hydrogen-bond donors (Lipinski definition) is 0. The van der Waals surface area contributed by atoms with Gasteiger partial charge in [0, 0.05) is 12.3 Å². The molecule has 0 amide bonds. The molecule has 92 valence electrons. The van der Waals surface area contributed by atoms with Crippen LogP contribution < -0.4 is 0 Å². The average molecular weight is 231 g/mol. The van der Waals surface area contributed by atoms with Crippen LogP contribution in [0.3, 0.4) is 0 Å². The molecule has 2 heteroatoms. The van der Waals surface area contributed by atoms with E-state index in [9.17, 15) is 4.79 Å². The highest BCUT2D eigenvalue weighted by atomic mass is 16.1. The molecule has 0 heterocycles. The molecule has 0 aliphatic heterocycles. The summed E-state index contributed by atoms with van der Waals surface area (Å²) in [5.41, 5.74) is 0. The molecule has 17 heavy (non-hydrogen) atoms. The van der Waals surface area contributed by atoms with Crippen molar-refractivity contribution < 1.29 is 4.79 Å². The summed E-state index contributed by atoms with van der Waals surface area (Å²) >= 11 is 0. The van der Waals surface area contributed by atoms with E-state index in [0.29, 0.717) is 12.3 Å². The Morgan fingerprint density at radius 2 is 1.71 bits per heavy atom. The van der Waals surface area contributed by atoms with Gasteiger partial charge in [0.25, 0.3) is 0 Å². The van der Waals surface area contributed by atoms with E-state index < -0.39 is 0 Å². The maximum Gasteiger partial charge on any atom is 0.134 e. The smallest absolute Gasteiger partial charge is 0.134 e. The second-order valence-electron chi connectivity index (χ2n) is 6.59. The third-order valence-corrected chi connectivity index (χ3v) is 5.60. The molecule has 0 radical (unpaired) electrons. The lowest BCUT2D eigenvalue weighted by molar-refractivity contribution is -0.130. The summed E-state index contributed by atoms with van der Waals surface area (Å²) in [5, 5.41) is 8.94. The Hall–Kier alpha value is -0.840. The monoisotopic (exact) mass is 231 g/mol. The molecule has 0 aromatic carbocycles. The Morgan fingerprint density at radius 1 is 1.18 bits per heavy atom. The highest BCUT2D eigenvalue weighted by molar-refractivity contribution is 5.79. The topological polar surface area (TPSA) is 40.9 Å². The van der Waals surface area contributed by atoms with Gasteiger partial charge in [-0.15, -0.1) is 0 Å². The zero-order chi connectivity index (χ0) is 12.0. The number of carbonyl (C=O) groups excluding carboxylic acids is 1. The van der Waals surface area contributed by atoms with Crippen molar-refractivity contribution in [3.8, 4) is 6.07 Å². The van der Waals surface area contributed by atoms with Crippen molar-refractivity contribution in [2.24, 2.45) is 35.5 Å². The van der Waals surface area contributed by atoms with Gasteiger partial charge >= 0.3 is 0 Å². The molecule has 0 aromatic rings. The maximum absolute atomic E-state index is 11.8. The van der Waals surface area contributed by atoms with Crippen molar-refractivity contribution in [2.75, 3.05) is 0 Å². The van der Waals surface area contributed by atoms with Crippen LogP contribution in [0.25, 0.3) is 0 Å². The molecule has 0 aromatic heterocycles. The largest absolute Gasteiger partial charge is 0.300 e. The van der Waals surface area contributed by atoms with Crippen LogP contribution in [0.15, 0.2) is 0 Å². The number of carbonyl (C=O) groups is 1. The quantitative estimate of drug-likeness (QED) is 0.748. The normalized spacial score (nSPS) is 44.4. The van der Waals surface area contributed by atoms with Gasteiger partial charge in [0.15, 0.2) is 0 Å². The molecule has 4 rings (SSSR count). The van der Waals surface area contributed by atoms with Crippen LogP contribution >= 0.6 is 0 Å². The van der Waals surface area contributed by atoms with Crippen molar-refractivity contribution in [2.45, 2.75) is 45.4 Å². The van der Waals surface area contributed by atoms with E-state index in [1.165, 1.54) is 32.1 Å². The van der Waals surface area contributed by atoms with E-state index in [0.717, 1.165) is 23.7 Å². The summed E-state index contributed by atoms with van der Waals surface area (Å²) in [5.74, 6) is 4.24. The molecule has 0 spiro atoms. The average Bonchev–Trinajstić information content (AvgIpc) is 2.26. The van der Waals surface area contributed by atoms with Gasteiger partial charge in [-0.1, -0.05) is 0 Å². The van der Waals surface area contributed by atoms with Crippen LogP contribution in [-0.2, 0) is 4.79 Å². The van der Waals surface area contributed by atoms with Gasteiger partial charge in [-0.3, -0.25) is 4.79 Å². The number of hydrogen-bond acceptors (Lipinski definition) is 2. The molecular weight excluding hydrogens is 210 g/mol. The molecule has 0 saturated heterocycles. The van der Waals surface area contributed by atoms with Crippen LogP contribution in [-0.4, -0.2) is 5.78 Å². The van der Waals surface area contributed by atoms with Crippen molar-refractivity contribution in [1.29, 1.82) is 5.26 Å². The van der Waals surface area contributed by atoms with E-state index in [1.807, 2.05) is 0 Å². The number of nitriles is 1. The Kier molecular flexibility index (Phi) is 2.73. The van der Waals surface area contributed by atoms with E-state index in [1.54, 1.807) is 6.92 Å². The molecular formula is C15H21NO. The first kappa shape index (κ1) is 11.3. The first-order valence-corrected chi connectivity index (χ1v) is 7.06. The number of rotatable bonds is 3. The zero-order valence-electron chi connectivity index (χ0n) is 10.6. The van der Waals surface area contributed by atoms with E-state index >= 15 is 0 Å². The predicted molar refractivity (Wildman–Crippen MR) is 64.9 cm³/mol. The summed E-state index contributed by atoms with van der Waals surface area (Å²) in [6.07, 6.45) is 7.25. The highest BCUT2D eigenvalue weighted by Crippen LogP contribution is 2.58. The van der Waals surface area contributed by atoms with Gasteiger partial charge in [0.1, 0.15) is 5.78 Å². The first-order valence-electron chi connectivity index (χ1n) is 7.06. The summed E-state index contributed by atoms with van der Waals surface area (Å²) in [4.78, 5) is 11.8. The number of ketones is 1. The maximum atomic E-state index is 11.8. The van der Waals surface area contributed by atoms with E-state index in [4.69, 9.17) is 5.26 Å². The van der Waals surface area contributed by atoms with Crippen LogP contribution in [0.5, 0.6) is 0 Å². The van der Waals surface area contributed by atoms with Crippen LogP contribution in [0.2, 0.25) is 0 Å². The van der Waals surface area contributed by atoms with Crippen molar-refractivity contribution in [3.05, 3.63) is 0 Å². The summed E-state index contributed by atoms with van der Waals surface area (Å²) in [7, 11) is 0. The third kappa shape index (κ3) is 1.80. The molecule has 0 N–H and O–H groups in total. The summed E-state index contributed by atoms with van der Waals surface area (Å²) < 4.78 is 0. The Bertz CT molecular complexity index is 340. The van der Waals surface area contributed by atoms with Gasteiger partial charge < -0.3 is 0 Å². The zero-order valence-corrected chi connectivity index (χ0v) is 10.6. The van der Waals surface area contributed by atoms with E-state index in [2.05, 4.69) is 6.07 Å². The SMILES string of the molecule is CC(=O)C(CC#N)C1C2CC3CC(C2)CC1C3. The Balaban J connectivity index is 1.83. The minimum Gasteiger partial charge on any atom is -0.300 e. The fourth-order valence-corrected chi connectivity index (χ4v) is 5.27. The molecule has 1 atom stereocenters. The number of Topliss-reactive ketones (excluding diaryl/α,β-unsaturated/α-hetero) is 1. The number of nitrogens with zero attached hydrogens (tertiary/aromatic N) is 1. The van der Waals surface area contributed by atoms with Crippen LogP contribution in [0, 0.1) is 46.8 Å². The fraction of sp³-hybridized carbons (Fsp3) is 0.867. The summed E-state index contributed by atoms with van der Waals surface area (Å²) in [6, 6.07) is 2.24. The predicted octanol–water partition coefficient (Wildman–Crippen LogP) is 3.18. The van der Waals surface area contributed by atoms with E-state index in [-0.39, 0.29) is 11.7 Å². The minimum absolute atomic E-state index is 0.0370. The molecule has 4 saturated carbocycles. The minimum atomic E-state index is 0.0370. The van der Waals surface area contributed by atoms with Crippen molar-refractivity contribution in [1.82, 2.24) is 0 Å². The highest BCUT2D eigenvalue weighted by Gasteiger charge is 2.51. The lowest BCUT2D eigenvalue weighted by Crippen LogP contribution is -2.48. The molecule has 2 nitrogen and oxygen atoms in total. The lowest BCUT2D eigenvalue weighted by atomic mass is 9.49. The Morgan fingerprint density at radius 3 is 2.12 bits per heavy atom. The molecule has 4 bridgehead atoms. The van der Waals surface area contributed by atoms with Crippen LogP contribution in [0.4, 0.5) is 0 Å². The lowest BCUT2D eigenvalue weighted by Gasteiger charge is -2.56. The second kappa shape index (κ2) is 4.12. The van der Waals surface area contributed by atoms with Crippen LogP contribution in [0.1, 0.15) is 45.4 Å². The Labute approximate surface area is 103 Å². The molecule has 4 aliphatic rings. The third-order valence-electron chi connectivity index (χ3n) is 5.60. The summed E-state index contributed by atoms with van der Waals surface area (Å²) in [6.45, 7) is 1.69. The molecule has 4 fully saturated rings. The van der Waals surface area contributed by atoms with Gasteiger partial charge in [0.05, 0.1) is 6.07 Å². The molecule has 4 aliphatic carbocycles. The first-order chi connectivity index (χ1) is 8.19. The standard InChI is InChI=1S/C15H21NO/c1-9(17)14(2-3-16)15-12-5-10-4-11(7-12)8-13(15)6-10/h10-15H,2,4-8H2,1H3. The van der Waals surface area contributed by atoms with Gasteiger partial charge in [-0.25, -0.2) is 0 Å². The van der Waals surface area contributed by atoms with Gasteiger partial charge in [-0.2, -0.15) is 5.26 Å². The van der Waals surface area contributed by atoms with Gasteiger partial charge in [-0.05, 0) is 68.6 Å². The molecule has 1 unspecified atom stereocenters.